The minimum atomic E-state index is -0.398. The van der Waals surface area contributed by atoms with E-state index in [0.29, 0.717) is 11.4 Å². The highest BCUT2D eigenvalue weighted by Crippen LogP contribution is 2.22. The second-order valence-corrected chi connectivity index (χ2v) is 4.93. The third-order valence-electron chi connectivity index (χ3n) is 2.47. The number of phenols is 1. The predicted molar refractivity (Wildman–Crippen MR) is 75.6 cm³/mol. The van der Waals surface area contributed by atoms with Gasteiger partial charge >= 0.3 is 5.97 Å². The molecule has 0 aliphatic rings. The minimum absolute atomic E-state index is 0.0231. The Morgan fingerprint density at radius 2 is 2.35 bits per heavy atom. The van der Waals surface area contributed by atoms with Crippen LogP contribution in [0, 0.1) is 5.41 Å². The number of aromatic hydroxyl groups is 1. The number of carbonyl (C=O) groups excluding carboxylic acids is 1. The summed E-state index contributed by atoms with van der Waals surface area (Å²) in [6.07, 6.45) is 0. The quantitative estimate of drug-likeness (QED) is 0.440. The third kappa shape index (κ3) is 2.97. The average Bonchev–Trinajstić information content (AvgIpc) is 2.66. The lowest BCUT2D eigenvalue weighted by molar-refractivity contribution is -0.143. The maximum atomic E-state index is 11.6. The van der Waals surface area contributed by atoms with Crippen molar-refractivity contribution < 1.29 is 14.6 Å². The number of nitrogens with two attached hydrogens (primary N) is 1. The standard InChI is InChI=1S/C12H14N4O3S/c1-2-19-10(18)6-16-8-4-3-7(17)5-9(8)20-12(16)15-11(13)14/h3-5,17H,2,6H2,1H3,(H3,13,14)/b15-12-. The van der Waals surface area contributed by atoms with Gasteiger partial charge in [0.05, 0.1) is 16.8 Å². The fourth-order valence-electron chi connectivity index (χ4n) is 1.74. The van der Waals surface area contributed by atoms with Gasteiger partial charge in [0.2, 0.25) is 5.96 Å². The molecule has 1 aromatic heterocycles. The van der Waals surface area contributed by atoms with Crippen LogP contribution in [0.4, 0.5) is 0 Å². The number of guanidine groups is 1. The number of phenolic OH excluding ortho intramolecular Hbond substituents is 1. The van der Waals surface area contributed by atoms with Gasteiger partial charge in [-0.25, -0.2) is 0 Å². The van der Waals surface area contributed by atoms with Crippen LogP contribution in [-0.4, -0.2) is 28.2 Å². The number of esters is 1. The van der Waals surface area contributed by atoms with Crippen LogP contribution in [0.2, 0.25) is 0 Å². The van der Waals surface area contributed by atoms with Crippen molar-refractivity contribution in [2.24, 2.45) is 10.7 Å². The number of nitrogens with one attached hydrogen (secondary N) is 1. The van der Waals surface area contributed by atoms with E-state index in [-0.39, 0.29) is 18.3 Å². The molecule has 0 aliphatic carbocycles. The summed E-state index contributed by atoms with van der Waals surface area (Å²) in [5.74, 6) is -0.625. The van der Waals surface area contributed by atoms with Crippen molar-refractivity contribution in [1.29, 1.82) is 5.41 Å². The maximum Gasteiger partial charge on any atom is 0.326 e. The molecule has 0 spiro atoms. The maximum absolute atomic E-state index is 11.6. The zero-order valence-corrected chi connectivity index (χ0v) is 11.6. The molecule has 106 valence electrons. The minimum Gasteiger partial charge on any atom is -0.508 e. The normalized spacial score (nSPS) is 11.8. The van der Waals surface area contributed by atoms with Crippen LogP contribution in [-0.2, 0) is 16.1 Å². The van der Waals surface area contributed by atoms with Gasteiger partial charge in [-0.15, -0.1) is 0 Å². The van der Waals surface area contributed by atoms with Crippen molar-refractivity contribution in [2.45, 2.75) is 13.5 Å². The lowest BCUT2D eigenvalue weighted by atomic mass is 10.3. The molecule has 0 bridgehead atoms. The van der Waals surface area contributed by atoms with Crippen molar-refractivity contribution in [3.63, 3.8) is 0 Å². The van der Waals surface area contributed by atoms with E-state index in [1.54, 1.807) is 23.6 Å². The van der Waals surface area contributed by atoms with E-state index >= 15 is 0 Å². The number of benzene rings is 1. The number of thiazole rings is 1. The van der Waals surface area contributed by atoms with Crippen molar-refractivity contribution in [3.05, 3.63) is 23.0 Å². The average molecular weight is 294 g/mol. The number of hydrogen-bond donors (Lipinski definition) is 3. The third-order valence-corrected chi connectivity index (χ3v) is 3.52. The summed E-state index contributed by atoms with van der Waals surface area (Å²) in [5, 5.41) is 16.7. The van der Waals surface area contributed by atoms with Crippen molar-refractivity contribution >= 4 is 33.5 Å². The first kappa shape index (κ1) is 14.1. The summed E-state index contributed by atoms with van der Waals surface area (Å²) in [4.78, 5) is 15.9. The Bertz CT molecular complexity index is 732. The molecule has 0 aliphatic heterocycles. The van der Waals surface area contributed by atoms with Crippen molar-refractivity contribution in [2.75, 3.05) is 6.61 Å². The van der Waals surface area contributed by atoms with Crippen LogP contribution in [0.1, 0.15) is 6.92 Å². The summed E-state index contributed by atoms with van der Waals surface area (Å²) >= 11 is 1.23. The fraction of sp³-hybridized carbons (Fsp3) is 0.250. The SMILES string of the molecule is CCOC(=O)Cn1/c(=N/C(=N)N)sc2cc(O)ccc21. The summed E-state index contributed by atoms with van der Waals surface area (Å²) in [5.41, 5.74) is 6.00. The first-order chi connectivity index (χ1) is 9.51. The topological polar surface area (TPSA) is 114 Å². The number of carbonyl (C=O) groups is 1. The van der Waals surface area contributed by atoms with Crippen LogP contribution < -0.4 is 10.5 Å². The Morgan fingerprint density at radius 1 is 1.60 bits per heavy atom. The van der Waals surface area contributed by atoms with Crippen molar-refractivity contribution in [1.82, 2.24) is 4.57 Å². The van der Waals surface area contributed by atoms with Gasteiger partial charge in [-0.05, 0) is 25.1 Å². The molecule has 0 amide bonds. The smallest absolute Gasteiger partial charge is 0.326 e. The van der Waals surface area contributed by atoms with Crippen molar-refractivity contribution in [3.8, 4) is 5.75 Å². The van der Waals surface area contributed by atoms with E-state index in [1.807, 2.05) is 0 Å². The summed E-state index contributed by atoms with van der Waals surface area (Å²) in [7, 11) is 0. The zero-order valence-electron chi connectivity index (χ0n) is 10.8. The van der Waals surface area contributed by atoms with E-state index in [4.69, 9.17) is 15.9 Å². The van der Waals surface area contributed by atoms with E-state index in [1.165, 1.54) is 17.4 Å². The molecule has 4 N–H and O–H groups in total. The molecule has 2 rings (SSSR count). The molecule has 0 fully saturated rings. The predicted octanol–water partition coefficient (Wildman–Crippen LogP) is 0.766. The second kappa shape index (κ2) is 5.74. The molecule has 20 heavy (non-hydrogen) atoms. The lowest BCUT2D eigenvalue weighted by Crippen LogP contribution is -2.24. The van der Waals surface area contributed by atoms with E-state index in [2.05, 4.69) is 4.99 Å². The molecule has 8 heteroatoms. The molecule has 1 heterocycles. The van der Waals surface area contributed by atoms with Crippen LogP contribution >= 0.6 is 11.3 Å². The van der Waals surface area contributed by atoms with Gasteiger partial charge in [-0.2, -0.15) is 4.99 Å². The van der Waals surface area contributed by atoms with E-state index in [9.17, 15) is 9.90 Å². The fourth-order valence-corrected chi connectivity index (χ4v) is 2.82. The molecule has 7 nitrogen and oxygen atoms in total. The van der Waals surface area contributed by atoms with Gasteiger partial charge in [0.25, 0.3) is 0 Å². The second-order valence-electron chi connectivity index (χ2n) is 3.92. The first-order valence-corrected chi connectivity index (χ1v) is 6.69. The zero-order chi connectivity index (χ0) is 14.7. The molecule has 0 unspecified atom stereocenters. The molecule has 0 atom stereocenters. The number of fused-ring (bicyclic) bond motifs is 1. The number of aromatic nitrogens is 1. The van der Waals surface area contributed by atoms with Crippen LogP contribution in [0.5, 0.6) is 5.75 Å². The van der Waals surface area contributed by atoms with Gasteiger partial charge in [0.1, 0.15) is 12.3 Å². The van der Waals surface area contributed by atoms with E-state index in [0.717, 1.165) is 10.2 Å². The molecular formula is C12H14N4O3S. The molecule has 0 saturated heterocycles. The number of nitrogens with zero attached hydrogens (tertiary/aromatic N) is 2. The summed E-state index contributed by atoms with van der Waals surface area (Å²) in [6, 6.07) is 4.77. The molecular weight excluding hydrogens is 280 g/mol. The highest BCUT2D eigenvalue weighted by molar-refractivity contribution is 7.16. The molecule has 0 saturated carbocycles. The van der Waals surface area contributed by atoms with Gasteiger partial charge in [0.15, 0.2) is 4.80 Å². The Kier molecular flexibility index (Phi) is 4.04. The van der Waals surface area contributed by atoms with Gasteiger partial charge < -0.3 is 20.1 Å². The first-order valence-electron chi connectivity index (χ1n) is 5.88. The number of hydrogen-bond acceptors (Lipinski definition) is 5. The van der Waals surface area contributed by atoms with Crippen LogP contribution in [0.25, 0.3) is 10.2 Å². The van der Waals surface area contributed by atoms with Crippen LogP contribution in [0.15, 0.2) is 23.2 Å². The highest BCUT2D eigenvalue weighted by atomic mass is 32.1. The Labute approximate surface area is 118 Å². The molecule has 1 aromatic carbocycles. The lowest BCUT2D eigenvalue weighted by Gasteiger charge is -2.05. The van der Waals surface area contributed by atoms with Gasteiger partial charge in [-0.3, -0.25) is 10.2 Å². The highest BCUT2D eigenvalue weighted by Gasteiger charge is 2.11. The monoisotopic (exact) mass is 294 g/mol. The molecule has 0 radical (unpaired) electrons. The molecule has 2 aromatic rings. The Morgan fingerprint density at radius 3 is 3.00 bits per heavy atom. The largest absolute Gasteiger partial charge is 0.508 e. The number of rotatable bonds is 3. The van der Waals surface area contributed by atoms with Gasteiger partial charge in [0, 0.05) is 0 Å². The van der Waals surface area contributed by atoms with Gasteiger partial charge in [-0.1, -0.05) is 11.3 Å². The Hall–Kier alpha value is -2.35. The number of ether oxygens (including phenoxy) is 1. The summed E-state index contributed by atoms with van der Waals surface area (Å²) < 4.78 is 7.27. The Balaban J connectivity index is 2.59. The van der Waals surface area contributed by atoms with Crippen LogP contribution in [0.3, 0.4) is 0 Å². The summed E-state index contributed by atoms with van der Waals surface area (Å²) in [6.45, 7) is 2.00. The van der Waals surface area contributed by atoms with E-state index < -0.39 is 5.97 Å².